The normalized spacial score (nSPS) is 18.9. The van der Waals surface area contributed by atoms with Crippen LogP contribution < -0.4 is 0 Å². The Labute approximate surface area is 178 Å². The number of aliphatic carboxylic acids is 1. The molecule has 11 heteroatoms. The molecule has 2 aromatic rings. The van der Waals surface area contributed by atoms with Crippen molar-refractivity contribution in [2.75, 3.05) is 19.8 Å². The first-order chi connectivity index (χ1) is 14.7. The van der Waals surface area contributed by atoms with Crippen LogP contribution in [0.3, 0.4) is 0 Å². The molecule has 1 aliphatic carbocycles. The molecule has 0 spiro atoms. The van der Waals surface area contributed by atoms with E-state index < -0.39 is 12.1 Å². The van der Waals surface area contributed by atoms with Gasteiger partial charge in [-0.3, -0.25) is 14.3 Å². The first-order valence-corrected chi connectivity index (χ1v) is 10.3. The molecule has 2 aromatic heterocycles. The van der Waals surface area contributed by atoms with Crippen LogP contribution in [-0.4, -0.2) is 61.5 Å². The second-order valence-electron chi connectivity index (χ2n) is 8.07. The fourth-order valence-electron chi connectivity index (χ4n) is 3.53. The zero-order valence-electron chi connectivity index (χ0n) is 17.7. The number of rotatable bonds is 7. The lowest BCUT2D eigenvalue weighted by Crippen LogP contribution is -2.34. The van der Waals surface area contributed by atoms with E-state index in [1.54, 1.807) is 0 Å². The molecule has 172 valence electrons. The van der Waals surface area contributed by atoms with Gasteiger partial charge in [0.15, 0.2) is 0 Å². The zero-order valence-corrected chi connectivity index (χ0v) is 17.7. The summed E-state index contributed by atoms with van der Waals surface area (Å²) in [7, 11) is 1.97. The largest absolute Gasteiger partial charge is 0.490 e. The van der Waals surface area contributed by atoms with Crippen molar-refractivity contribution in [2.24, 2.45) is 13.0 Å². The third-order valence-electron chi connectivity index (χ3n) is 5.23. The zero-order chi connectivity index (χ0) is 22.6. The number of hydrogen-bond donors (Lipinski definition) is 1. The van der Waals surface area contributed by atoms with E-state index in [1.807, 2.05) is 17.9 Å². The summed E-state index contributed by atoms with van der Waals surface area (Å²) in [4.78, 5) is 11.4. The minimum Gasteiger partial charge on any atom is -0.475 e. The van der Waals surface area contributed by atoms with E-state index >= 15 is 0 Å². The molecule has 1 aliphatic heterocycles. The molecule has 31 heavy (non-hydrogen) atoms. The fourth-order valence-corrected chi connectivity index (χ4v) is 3.53. The third kappa shape index (κ3) is 6.79. The molecule has 2 aliphatic rings. The summed E-state index contributed by atoms with van der Waals surface area (Å²) in [5.74, 6) is -1.57. The summed E-state index contributed by atoms with van der Waals surface area (Å²) < 4.78 is 41.7. The summed E-state index contributed by atoms with van der Waals surface area (Å²) in [5.41, 5.74) is 3.86. The van der Waals surface area contributed by atoms with Gasteiger partial charge < -0.3 is 9.84 Å². The molecule has 3 heterocycles. The standard InChI is InChI=1S/C18H27N5O.C2HF3O2/c1-3-23-11-16-9-22(8-15-6-19-21(2)7-15)10-17(18(16)20-23)13-24-12-14-4-5-14;3-2(4,5)1(6)7/h6-7,11,14,17H,3-5,8-10,12-13H2,1-2H3;(H,6,7). The first-order valence-electron chi connectivity index (χ1n) is 10.3. The van der Waals surface area contributed by atoms with Crippen LogP contribution in [0.5, 0.6) is 0 Å². The molecule has 0 saturated heterocycles. The minimum atomic E-state index is -5.08. The summed E-state index contributed by atoms with van der Waals surface area (Å²) in [6.45, 7) is 7.67. The van der Waals surface area contributed by atoms with Crippen LogP contribution in [0, 0.1) is 5.92 Å². The molecule has 1 atom stereocenters. The van der Waals surface area contributed by atoms with Crippen molar-refractivity contribution in [3.63, 3.8) is 0 Å². The number of halogens is 3. The highest BCUT2D eigenvalue weighted by Gasteiger charge is 2.38. The van der Waals surface area contributed by atoms with Gasteiger partial charge in [-0.2, -0.15) is 23.4 Å². The highest BCUT2D eigenvalue weighted by atomic mass is 19.4. The van der Waals surface area contributed by atoms with Gasteiger partial charge in [-0.05, 0) is 25.7 Å². The number of ether oxygens (including phenoxy) is 1. The molecule has 4 rings (SSSR count). The monoisotopic (exact) mass is 443 g/mol. The van der Waals surface area contributed by atoms with Gasteiger partial charge in [-0.15, -0.1) is 0 Å². The Bertz CT molecular complexity index is 876. The number of carboxylic acids is 1. The molecule has 0 aromatic carbocycles. The van der Waals surface area contributed by atoms with E-state index in [0.717, 1.165) is 45.3 Å². The topological polar surface area (TPSA) is 85.4 Å². The van der Waals surface area contributed by atoms with Crippen LogP contribution in [0.2, 0.25) is 0 Å². The Morgan fingerprint density at radius 2 is 2.00 bits per heavy atom. The number of carboxylic acid groups (broad SMARTS) is 1. The molecule has 8 nitrogen and oxygen atoms in total. The molecular weight excluding hydrogens is 415 g/mol. The Hall–Kier alpha value is -2.40. The summed E-state index contributed by atoms with van der Waals surface area (Å²) >= 11 is 0. The Morgan fingerprint density at radius 1 is 1.29 bits per heavy atom. The maximum atomic E-state index is 10.6. The van der Waals surface area contributed by atoms with Gasteiger partial charge in [-0.1, -0.05) is 0 Å². The van der Waals surface area contributed by atoms with Crippen LogP contribution in [-0.2, 0) is 36.2 Å². The predicted molar refractivity (Wildman–Crippen MR) is 105 cm³/mol. The Morgan fingerprint density at radius 3 is 2.55 bits per heavy atom. The number of carbonyl (C=O) groups is 1. The van der Waals surface area contributed by atoms with Crippen molar-refractivity contribution < 1.29 is 27.8 Å². The average molecular weight is 443 g/mol. The molecule has 1 N–H and O–H groups in total. The van der Waals surface area contributed by atoms with Gasteiger partial charge in [0.25, 0.3) is 0 Å². The van der Waals surface area contributed by atoms with Crippen molar-refractivity contribution in [3.05, 3.63) is 35.4 Å². The second-order valence-corrected chi connectivity index (χ2v) is 8.07. The van der Waals surface area contributed by atoms with E-state index in [2.05, 4.69) is 34.0 Å². The maximum Gasteiger partial charge on any atom is 0.490 e. The summed E-state index contributed by atoms with van der Waals surface area (Å²) in [6, 6.07) is 0. The van der Waals surface area contributed by atoms with Gasteiger partial charge in [0.2, 0.25) is 0 Å². The number of aromatic nitrogens is 4. The lowest BCUT2D eigenvalue weighted by Gasteiger charge is -2.31. The van der Waals surface area contributed by atoms with E-state index in [1.165, 1.54) is 29.7 Å². The van der Waals surface area contributed by atoms with Gasteiger partial charge in [0.05, 0.1) is 18.5 Å². The minimum absolute atomic E-state index is 0.372. The molecular formula is C20H28F3N5O3. The Kier molecular flexibility index (Phi) is 7.37. The van der Waals surface area contributed by atoms with Crippen LogP contribution >= 0.6 is 0 Å². The van der Waals surface area contributed by atoms with Crippen molar-refractivity contribution in [3.8, 4) is 0 Å². The van der Waals surface area contributed by atoms with Crippen LogP contribution in [0.1, 0.15) is 42.5 Å². The highest BCUT2D eigenvalue weighted by Crippen LogP contribution is 2.31. The lowest BCUT2D eigenvalue weighted by molar-refractivity contribution is -0.192. The fraction of sp³-hybridized carbons (Fsp3) is 0.650. The number of alkyl halides is 3. The summed E-state index contributed by atoms with van der Waals surface area (Å²) in [5, 5.41) is 16.2. The van der Waals surface area contributed by atoms with Crippen molar-refractivity contribution in [1.29, 1.82) is 0 Å². The van der Waals surface area contributed by atoms with Crippen molar-refractivity contribution >= 4 is 5.97 Å². The molecule has 0 radical (unpaired) electrons. The van der Waals surface area contributed by atoms with Crippen molar-refractivity contribution in [1.82, 2.24) is 24.5 Å². The smallest absolute Gasteiger partial charge is 0.475 e. The number of fused-ring (bicyclic) bond motifs is 1. The second kappa shape index (κ2) is 9.82. The van der Waals surface area contributed by atoms with Crippen molar-refractivity contribution in [2.45, 2.75) is 51.5 Å². The van der Waals surface area contributed by atoms with E-state index in [4.69, 9.17) is 19.7 Å². The third-order valence-corrected chi connectivity index (χ3v) is 5.23. The van der Waals surface area contributed by atoms with Gasteiger partial charge >= 0.3 is 12.1 Å². The van der Waals surface area contributed by atoms with Gasteiger partial charge in [0, 0.05) is 69.3 Å². The Balaban J connectivity index is 0.000000339. The number of hydrogen-bond acceptors (Lipinski definition) is 5. The lowest BCUT2D eigenvalue weighted by atomic mass is 9.97. The van der Waals surface area contributed by atoms with Crippen LogP contribution in [0.15, 0.2) is 18.6 Å². The maximum absolute atomic E-state index is 10.6. The quantitative estimate of drug-likeness (QED) is 0.708. The van der Waals surface area contributed by atoms with Gasteiger partial charge in [0.1, 0.15) is 0 Å². The summed E-state index contributed by atoms with van der Waals surface area (Å²) in [6.07, 6.45) is 3.87. The number of aryl methyl sites for hydroxylation is 2. The first kappa shape index (κ1) is 23.3. The molecule has 0 amide bonds. The molecule has 0 bridgehead atoms. The van der Waals surface area contributed by atoms with E-state index in [0.29, 0.717) is 5.92 Å². The highest BCUT2D eigenvalue weighted by molar-refractivity contribution is 5.73. The van der Waals surface area contributed by atoms with Gasteiger partial charge in [-0.25, -0.2) is 4.79 Å². The molecule has 1 unspecified atom stereocenters. The molecule has 1 saturated carbocycles. The SMILES string of the molecule is CCn1cc2c(n1)C(COCC1CC1)CN(Cc1cnn(C)c1)C2.O=C(O)C(F)(F)F. The predicted octanol–water partition coefficient (Wildman–Crippen LogP) is 2.80. The van der Waals surface area contributed by atoms with Crippen LogP contribution in [0.25, 0.3) is 0 Å². The van der Waals surface area contributed by atoms with E-state index in [9.17, 15) is 13.2 Å². The van der Waals surface area contributed by atoms with E-state index in [-0.39, 0.29) is 0 Å². The number of nitrogens with zero attached hydrogens (tertiary/aromatic N) is 5. The average Bonchev–Trinajstić information content (AvgIpc) is 3.27. The molecule has 1 fully saturated rings. The van der Waals surface area contributed by atoms with Crippen LogP contribution in [0.4, 0.5) is 13.2 Å².